The molecule has 11 heavy (non-hydrogen) atoms. The topological polar surface area (TPSA) is 149 Å². The van der Waals surface area contributed by atoms with Gasteiger partial charge in [0.15, 0.2) is 0 Å². The summed E-state index contributed by atoms with van der Waals surface area (Å²) in [7, 11) is 0. The van der Waals surface area contributed by atoms with E-state index in [0.29, 0.717) is 0 Å². The molecular formula is CHN2O7Tb. The van der Waals surface area contributed by atoms with Crippen LogP contribution in [0.1, 0.15) is 0 Å². The van der Waals surface area contributed by atoms with Crippen LogP contribution in [0.15, 0.2) is 0 Å². The maximum atomic E-state index is 8.81. The van der Waals surface area contributed by atoms with Gasteiger partial charge >= 0.3 is 43.7 Å². The van der Waals surface area contributed by atoms with E-state index in [1.165, 1.54) is 36.6 Å². The van der Waals surface area contributed by atoms with Crippen molar-refractivity contribution in [3.8, 4) is 0 Å². The monoisotopic (exact) mass is 312 g/mol. The summed E-state index contributed by atoms with van der Waals surface area (Å²) < 4.78 is 0.750. The molecule has 0 amide bonds. The third kappa shape index (κ3) is 1220. The molecule has 0 aliphatic rings. The van der Waals surface area contributed by atoms with Crippen molar-refractivity contribution < 1.29 is 51.6 Å². The van der Waals surface area contributed by atoms with E-state index in [1.54, 1.807) is 0 Å². The molecule has 0 N–H and O–H groups in total. The Bertz CT molecular complexity index is 104. The van der Waals surface area contributed by atoms with Crippen molar-refractivity contribution >= 4 is 2.26 Å². The summed E-state index contributed by atoms with van der Waals surface area (Å²) in [5.74, 6) is 0. The molecule has 0 bridgehead atoms. The molecule has 0 aromatic heterocycles. The zero-order valence-electron chi connectivity index (χ0n) is 4.66. The van der Waals surface area contributed by atoms with Gasteiger partial charge < -0.3 is 30.6 Å². The number of hydrogen-bond donors (Lipinski definition) is 0. The predicted molar refractivity (Wildman–Crippen MR) is 27.5 cm³/mol. The minimum Gasteiger partial charge on any atom is -0.356 e. The smallest absolute Gasteiger partial charge is 0.0689 e. The zero-order valence-corrected chi connectivity index (χ0v) is 6.80. The van der Waals surface area contributed by atoms with Gasteiger partial charge in [0.1, 0.15) is 0 Å². The van der Waals surface area contributed by atoms with Gasteiger partial charge in [0.2, 0.25) is 0 Å². The van der Waals surface area contributed by atoms with Gasteiger partial charge in [0, 0.05) is 0 Å². The van der Waals surface area contributed by atoms with Crippen molar-refractivity contribution in [2.24, 2.45) is 0 Å². The van der Waals surface area contributed by atoms with Crippen LogP contribution in [0.3, 0.4) is 0 Å². The van der Waals surface area contributed by atoms with Gasteiger partial charge in [-0.2, -0.15) is 0 Å². The van der Waals surface area contributed by atoms with E-state index in [0.717, 1.165) is 2.26 Å². The largest absolute Gasteiger partial charge is 0.356 e. The van der Waals surface area contributed by atoms with Crippen molar-refractivity contribution in [3.05, 3.63) is 30.6 Å². The number of carbonyl (C=O) groups excluding carboxylic acids is 1. The van der Waals surface area contributed by atoms with Gasteiger partial charge in [-0.3, -0.25) is 0 Å². The Kier molecular flexibility index (Phi) is 24.6. The molecule has 0 atom stereocenters. The van der Waals surface area contributed by atoms with E-state index in [-0.39, 0.29) is 0 Å². The van der Waals surface area contributed by atoms with Crippen LogP contribution in [-0.2, 0) is 4.79 Å². The first-order valence-corrected chi connectivity index (χ1v) is 2.76. The van der Waals surface area contributed by atoms with E-state index < -0.39 is 10.2 Å². The molecule has 0 saturated heterocycles. The van der Waals surface area contributed by atoms with Crippen LogP contribution < -0.4 is 0 Å². The van der Waals surface area contributed by atoms with Gasteiger partial charge in [-0.15, -0.1) is 0 Å². The Labute approximate surface area is 84.1 Å². The van der Waals surface area contributed by atoms with Crippen LogP contribution in [0.4, 0.5) is 0 Å². The van der Waals surface area contributed by atoms with Crippen LogP contribution in [0, 0.1) is 67.3 Å². The molecule has 0 unspecified atom stereocenters. The van der Waals surface area contributed by atoms with Crippen molar-refractivity contribution in [1.82, 2.24) is 0 Å². The Balaban J connectivity index is -0.0000000886. The first-order chi connectivity index (χ1) is 4.88. The summed E-state index contributed by atoms with van der Waals surface area (Å²) in [4.78, 5) is 25.3. The summed E-state index contributed by atoms with van der Waals surface area (Å²) in [6.45, 7) is 0. The molecule has 0 rings (SSSR count). The van der Waals surface area contributed by atoms with E-state index in [4.69, 9.17) is 35.4 Å². The Morgan fingerprint density at radius 1 is 1.00 bits per heavy atom. The van der Waals surface area contributed by atoms with Gasteiger partial charge in [0.05, 0.1) is 10.2 Å². The molecule has 0 aromatic carbocycles. The molecule has 0 spiro atoms. The molecule has 66 valence electrons. The van der Waals surface area contributed by atoms with Crippen molar-refractivity contribution in [3.63, 3.8) is 0 Å². The van der Waals surface area contributed by atoms with Crippen molar-refractivity contribution in [2.75, 3.05) is 0 Å². The quantitative estimate of drug-likeness (QED) is 0.324. The fourth-order valence-corrected chi connectivity index (χ4v) is 0. The van der Waals surface area contributed by atoms with Crippen molar-refractivity contribution in [2.45, 2.75) is 0 Å². The van der Waals surface area contributed by atoms with E-state index >= 15 is 0 Å². The molecule has 0 heterocycles. The number of carbonyl (C=O) groups is 1. The fourth-order valence-electron chi connectivity index (χ4n) is 0. The number of hydrogen-bond acceptors (Lipinski definition) is 7. The van der Waals surface area contributed by atoms with Crippen molar-refractivity contribution in [1.29, 1.82) is 0 Å². The summed E-state index contributed by atoms with van der Waals surface area (Å²) in [6.07, 6.45) is 0. The maximum absolute atomic E-state index is 8.81. The minimum atomic E-state index is -1.75. The molecule has 0 fully saturated rings. The van der Waals surface area contributed by atoms with Crippen LogP contribution >= 0.6 is 0 Å². The average molecular weight is 312 g/mol. The normalized spacial score (nSPS) is 5.55. The van der Waals surface area contributed by atoms with Gasteiger partial charge in [0.25, 0.3) is 0 Å². The van der Waals surface area contributed by atoms with Crippen LogP contribution in [0.2, 0.25) is 0 Å². The predicted octanol–water partition coefficient (Wildman–Crippen LogP) is -0.752. The maximum Gasteiger partial charge on any atom is 0.0689 e. The van der Waals surface area contributed by atoms with Crippen LogP contribution in [0.25, 0.3) is 0 Å². The number of rotatable bonds is 0. The van der Waals surface area contributed by atoms with E-state index in [9.17, 15) is 0 Å². The summed E-state index contributed by atoms with van der Waals surface area (Å²) >= 11 is 1.44. The molecule has 0 aliphatic heterocycles. The van der Waals surface area contributed by atoms with Gasteiger partial charge in [-0.25, -0.2) is 0 Å². The molecule has 0 aliphatic carbocycles. The van der Waals surface area contributed by atoms with Gasteiger partial charge in [-0.1, -0.05) is 0 Å². The Hall–Kier alpha value is -0.644. The average Bonchev–Trinajstić information content (AvgIpc) is 1.60. The minimum absolute atomic E-state index is 0.750. The standard InChI is InChI=1S/CHO.2NO3.Tb/c1-2;2*2-1(3)4;/h1H;;;/q;2*-1;+2. The Morgan fingerprint density at radius 2 is 1.00 bits per heavy atom. The molecule has 0 saturated carbocycles. The summed E-state index contributed by atoms with van der Waals surface area (Å²) in [5.41, 5.74) is 0. The first kappa shape index (κ1) is 16.8. The molecule has 10 heteroatoms. The molecule has 9 nitrogen and oxygen atoms in total. The number of nitrogens with zero attached hydrogens (tertiary/aromatic N) is 2. The molecular weight excluding hydrogens is 311 g/mol. The molecule has 0 aromatic rings. The third-order valence-electron chi connectivity index (χ3n) is 0. The SMILES string of the molecule is O=[CH][Tb+2].O=[N+]([O-])[O-].O=[N+]([O-])[O-]. The fraction of sp³-hybridized carbons (Fsp3) is 0. The molecule has 0 radical (unpaired) electrons. The second kappa shape index (κ2) is 16.2. The van der Waals surface area contributed by atoms with Crippen LogP contribution in [-0.4, -0.2) is 12.4 Å². The summed E-state index contributed by atoms with van der Waals surface area (Å²) in [6, 6.07) is 0. The van der Waals surface area contributed by atoms with E-state index in [2.05, 4.69) is 0 Å². The third-order valence-corrected chi connectivity index (χ3v) is 0. The summed E-state index contributed by atoms with van der Waals surface area (Å²) in [5, 5.41) is 29.5. The first-order valence-electron chi connectivity index (χ1n) is 1.52. The zero-order chi connectivity index (χ0) is 9.86. The second-order valence-corrected chi connectivity index (χ2v) is 1.03. The second-order valence-electron chi connectivity index (χ2n) is 0.526. The van der Waals surface area contributed by atoms with Crippen LogP contribution in [0.5, 0.6) is 0 Å². The van der Waals surface area contributed by atoms with Gasteiger partial charge in [-0.05, 0) is 0 Å². The van der Waals surface area contributed by atoms with E-state index in [1.807, 2.05) is 0 Å². The Morgan fingerprint density at radius 3 is 1.00 bits per heavy atom.